The van der Waals surface area contributed by atoms with E-state index in [0.29, 0.717) is 0 Å². The SMILES string of the molecule is NC(=O)N(CCCl)C(=O)C1CCCN1. The zero-order valence-corrected chi connectivity index (χ0v) is 8.59. The molecule has 6 heteroatoms. The molecular weight excluding hydrogens is 206 g/mol. The minimum absolute atomic E-state index is 0.175. The molecule has 0 spiro atoms. The lowest BCUT2D eigenvalue weighted by molar-refractivity contribution is -0.129. The molecule has 1 aliphatic rings. The smallest absolute Gasteiger partial charge is 0.321 e. The molecule has 1 aliphatic heterocycles. The quantitative estimate of drug-likeness (QED) is 0.650. The Morgan fingerprint density at radius 1 is 1.57 bits per heavy atom. The van der Waals surface area contributed by atoms with Crippen LogP contribution >= 0.6 is 11.6 Å². The van der Waals surface area contributed by atoms with Gasteiger partial charge in [0.2, 0.25) is 5.91 Å². The third kappa shape index (κ3) is 2.59. The van der Waals surface area contributed by atoms with E-state index < -0.39 is 6.03 Å². The van der Waals surface area contributed by atoms with Gasteiger partial charge in [-0.1, -0.05) is 0 Å². The number of nitrogens with zero attached hydrogens (tertiary/aromatic N) is 1. The van der Waals surface area contributed by atoms with Gasteiger partial charge in [-0.05, 0) is 19.4 Å². The van der Waals surface area contributed by atoms with Crippen LogP contribution in [0.1, 0.15) is 12.8 Å². The molecule has 1 rings (SSSR count). The van der Waals surface area contributed by atoms with Gasteiger partial charge < -0.3 is 11.1 Å². The van der Waals surface area contributed by atoms with Gasteiger partial charge in [-0.3, -0.25) is 9.69 Å². The van der Waals surface area contributed by atoms with Crippen molar-refractivity contribution in [2.24, 2.45) is 5.73 Å². The number of hydrogen-bond acceptors (Lipinski definition) is 3. The van der Waals surface area contributed by atoms with Gasteiger partial charge in [-0.15, -0.1) is 11.6 Å². The number of primary amides is 1. The largest absolute Gasteiger partial charge is 0.351 e. The number of nitrogens with one attached hydrogen (secondary N) is 1. The Hall–Kier alpha value is -0.810. The van der Waals surface area contributed by atoms with E-state index in [9.17, 15) is 9.59 Å². The number of alkyl halides is 1. The number of rotatable bonds is 3. The van der Waals surface area contributed by atoms with Crippen LogP contribution in [0.15, 0.2) is 0 Å². The summed E-state index contributed by atoms with van der Waals surface area (Å²) in [6.07, 6.45) is 1.70. The molecule has 80 valence electrons. The summed E-state index contributed by atoms with van der Waals surface area (Å²) in [6, 6.07) is -1.00. The Bertz CT molecular complexity index is 229. The maximum absolute atomic E-state index is 11.7. The number of halogens is 1. The van der Waals surface area contributed by atoms with Crippen LogP contribution in [-0.2, 0) is 4.79 Å². The van der Waals surface area contributed by atoms with E-state index in [4.69, 9.17) is 17.3 Å². The molecule has 0 bridgehead atoms. The van der Waals surface area contributed by atoms with Crippen LogP contribution in [0.2, 0.25) is 0 Å². The van der Waals surface area contributed by atoms with E-state index in [1.165, 1.54) is 0 Å². The summed E-state index contributed by atoms with van der Waals surface area (Å²) >= 11 is 5.47. The number of nitrogens with two attached hydrogens (primary N) is 1. The highest BCUT2D eigenvalue weighted by Gasteiger charge is 2.28. The number of amides is 3. The maximum atomic E-state index is 11.7. The molecule has 1 atom stereocenters. The minimum Gasteiger partial charge on any atom is -0.351 e. The molecule has 3 N–H and O–H groups in total. The summed E-state index contributed by atoms with van der Waals surface area (Å²) in [7, 11) is 0. The van der Waals surface area contributed by atoms with Gasteiger partial charge in [0.15, 0.2) is 0 Å². The van der Waals surface area contributed by atoms with Crippen LogP contribution < -0.4 is 11.1 Å². The third-order valence-corrected chi connectivity index (χ3v) is 2.37. The van der Waals surface area contributed by atoms with Crippen LogP contribution in [0.25, 0.3) is 0 Å². The van der Waals surface area contributed by atoms with Crippen molar-refractivity contribution in [1.82, 2.24) is 10.2 Å². The molecule has 0 radical (unpaired) electrons. The molecule has 1 unspecified atom stereocenters. The molecule has 1 saturated heterocycles. The van der Waals surface area contributed by atoms with Crippen LogP contribution in [0.5, 0.6) is 0 Å². The van der Waals surface area contributed by atoms with Gasteiger partial charge in [0.05, 0.1) is 6.04 Å². The maximum Gasteiger partial charge on any atom is 0.321 e. The number of urea groups is 1. The van der Waals surface area contributed by atoms with E-state index in [1.807, 2.05) is 0 Å². The lowest BCUT2D eigenvalue weighted by atomic mass is 10.2. The van der Waals surface area contributed by atoms with Crippen molar-refractivity contribution < 1.29 is 9.59 Å². The molecule has 14 heavy (non-hydrogen) atoms. The lowest BCUT2D eigenvalue weighted by Crippen LogP contribution is -2.49. The number of imide groups is 1. The molecule has 3 amide bonds. The fraction of sp³-hybridized carbons (Fsp3) is 0.750. The lowest BCUT2D eigenvalue weighted by Gasteiger charge is -2.20. The summed E-state index contributed by atoms with van der Waals surface area (Å²) in [4.78, 5) is 23.6. The van der Waals surface area contributed by atoms with Gasteiger partial charge in [-0.25, -0.2) is 4.79 Å². The summed E-state index contributed by atoms with van der Waals surface area (Å²) in [5.41, 5.74) is 5.07. The third-order valence-electron chi connectivity index (χ3n) is 2.20. The van der Waals surface area contributed by atoms with Crippen molar-refractivity contribution in [1.29, 1.82) is 0 Å². The van der Waals surface area contributed by atoms with Crippen molar-refractivity contribution in [3.63, 3.8) is 0 Å². The second-order valence-electron chi connectivity index (χ2n) is 3.17. The highest BCUT2D eigenvalue weighted by Crippen LogP contribution is 2.08. The predicted molar refractivity (Wildman–Crippen MR) is 53.0 cm³/mol. The van der Waals surface area contributed by atoms with Crippen LogP contribution in [0.4, 0.5) is 4.79 Å². The summed E-state index contributed by atoms with van der Waals surface area (Å²) in [5.74, 6) is -0.0582. The van der Waals surface area contributed by atoms with Crippen molar-refractivity contribution in [2.75, 3.05) is 19.0 Å². The van der Waals surface area contributed by atoms with Gasteiger partial charge >= 0.3 is 6.03 Å². The second kappa shape index (κ2) is 5.17. The van der Waals surface area contributed by atoms with Gasteiger partial charge in [-0.2, -0.15) is 0 Å². The highest BCUT2D eigenvalue weighted by molar-refractivity contribution is 6.18. The average molecular weight is 220 g/mol. The Morgan fingerprint density at radius 2 is 2.29 bits per heavy atom. The molecule has 5 nitrogen and oxygen atoms in total. The number of carbonyl (C=O) groups is 2. The van der Waals surface area contributed by atoms with Gasteiger partial charge in [0.25, 0.3) is 0 Å². The first-order valence-corrected chi connectivity index (χ1v) is 5.10. The van der Waals surface area contributed by atoms with Gasteiger partial charge in [0.1, 0.15) is 0 Å². The fourth-order valence-corrected chi connectivity index (χ4v) is 1.67. The topological polar surface area (TPSA) is 75.4 Å². The van der Waals surface area contributed by atoms with Crippen LogP contribution in [-0.4, -0.2) is 41.8 Å². The first-order valence-electron chi connectivity index (χ1n) is 4.57. The van der Waals surface area contributed by atoms with Crippen molar-refractivity contribution >= 4 is 23.5 Å². The first kappa shape index (κ1) is 11.3. The van der Waals surface area contributed by atoms with Crippen LogP contribution in [0.3, 0.4) is 0 Å². The molecule has 1 fully saturated rings. The van der Waals surface area contributed by atoms with Crippen LogP contribution in [0, 0.1) is 0 Å². The highest BCUT2D eigenvalue weighted by atomic mass is 35.5. The zero-order chi connectivity index (χ0) is 10.6. The minimum atomic E-state index is -0.732. The molecular formula is C8H14ClN3O2. The normalized spacial score (nSPS) is 20.8. The van der Waals surface area contributed by atoms with Gasteiger partial charge in [0, 0.05) is 12.4 Å². The molecule has 0 aromatic heterocycles. The van der Waals surface area contributed by atoms with Crippen molar-refractivity contribution in [3.05, 3.63) is 0 Å². The number of carbonyl (C=O) groups excluding carboxylic acids is 2. The second-order valence-corrected chi connectivity index (χ2v) is 3.54. The van der Waals surface area contributed by atoms with E-state index in [0.717, 1.165) is 24.3 Å². The average Bonchev–Trinajstić information content (AvgIpc) is 2.65. The van der Waals surface area contributed by atoms with Crippen molar-refractivity contribution in [3.8, 4) is 0 Å². The Labute approximate surface area is 87.6 Å². The van der Waals surface area contributed by atoms with E-state index >= 15 is 0 Å². The fourth-order valence-electron chi connectivity index (χ4n) is 1.50. The molecule has 0 saturated carbocycles. The molecule has 0 aromatic carbocycles. The summed E-state index contributed by atoms with van der Waals surface area (Å²) in [6.45, 7) is 0.984. The standard InChI is InChI=1S/C8H14ClN3O2/c9-3-5-12(8(10)14)7(13)6-2-1-4-11-6/h6,11H,1-5H2,(H2,10,14). The van der Waals surface area contributed by atoms with E-state index in [1.54, 1.807) is 0 Å². The van der Waals surface area contributed by atoms with E-state index in [-0.39, 0.29) is 24.4 Å². The summed E-state index contributed by atoms with van der Waals surface area (Å²) < 4.78 is 0. The Balaban J connectivity index is 2.57. The number of hydrogen-bond donors (Lipinski definition) is 2. The monoisotopic (exact) mass is 219 g/mol. The predicted octanol–water partition coefficient (Wildman–Crippen LogP) is -0.116. The summed E-state index contributed by atoms with van der Waals surface area (Å²) in [5, 5.41) is 3.01. The molecule has 0 aromatic rings. The molecule has 1 heterocycles. The molecule has 0 aliphatic carbocycles. The Kier molecular flexibility index (Phi) is 4.16. The van der Waals surface area contributed by atoms with E-state index in [2.05, 4.69) is 5.32 Å². The first-order chi connectivity index (χ1) is 6.66. The van der Waals surface area contributed by atoms with Crippen molar-refractivity contribution in [2.45, 2.75) is 18.9 Å². The Morgan fingerprint density at radius 3 is 2.71 bits per heavy atom. The zero-order valence-electron chi connectivity index (χ0n) is 7.83.